The van der Waals surface area contributed by atoms with Crippen molar-refractivity contribution in [3.8, 4) is 0 Å². The van der Waals surface area contributed by atoms with E-state index in [4.69, 9.17) is 9.47 Å². The molecule has 0 unspecified atom stereocenters. The van der Waals surface area contributed by atoms with Crippen molar-refractivity contribution < 1.29 is 13.9 Å². The predicted octanol–water partition coefficient (Wildman–Crippen LogP) is 2.80. The number of nitrogens with zero attached hydrogens (tertiary/aromatic N) is 2. The summed E-state index contributed by atoms with van der Waals surface area (Å²) in [5, 5.41) is 1.10. The Balaban J connectivity index is 1.76. The van der Waals surface area contributed by atoms with Crippen LogP contribution in [0.3, 0.4) is 0 Å². The van der Waals surface area contributed by atoms with Gasteiger partial charge < -0.3 is 14.0 Å². The molecular formula is C13H16BrFN2O2. The van der Waals surface area contributed by atoms with E-state index in [0.717, 1.165) is 22.1 Å². The molecule has 2 heterocycles. The number of pyridine rings is 1. The molecule has 0 fully saturated rings. The fourth-order valence-corrected chi connectivity index (χ4v) is 2.12. The topological polar surface area (TPSA) is 36.3 Å². The molecule has 4 nitrogen and oxygen atoms in total. The third-order valence-corrected chi connectivity index (χ3v) is 3.07. The first-order valence-corrected chi connectivity index (χ1v) is 6.92. The van der Waals surface area contributed by atoms with Crippen molar-refractivity contribution in [2.75, 3.05) is 33.1 Å². The Morgan fingerprint density at radius 3 is 2.79 bits per heavy atom. The molecule has 0 saturated heterocycles. The van der Waals surface area contributed by atoms with Crippen molar-refractivity contribution >= 4 is 27.0 Å². The number of ether oxygens (including phenoxy) is 2. The van der Waals surface area contributed by atoms with Crippen LogP contribution in [0.4, 0.5) is 4.39 Å². The molecule has 2 aromatic rings. The van der Waals surface area contributed by atoms with Crippen molar-refractivity contribution in [2.24, 2.45) is 0 Å². The molecule has 2 rings (SSSR count). The summed E-state index contributed by atoms with van der Waals surface area (Å²) < 4.78 is 25.2. The molecule has 0 aliphatic carbocycles. The highest BCUT2D eigenvalue weighted by Crippen LogP contribution is 2.18. The normalized spacial score (nSPS) is 11.3. The van der Waals surface area contributed by atoms with Crippen LogP contribution in [0.25, 0.3) is 11.0 Å². The van der Waals surface area contributed by atoms with Gasteiger partial charge in [-0.05, 0) is 28.1 Å². The second-order valence-corrected chi connectivity index (χ2v) is 4.90. The first-order chi connectivity index (χ1) is 9.31. The van der Waals surface area contributed by atoms with E-state index >= 15 is 0 Å². The summed E-state index contributed by atoms with van der Waals surface area (Å²) in [7, 11) is 0. The van der Waals surface area contributed by atoms with Gasteiger partial charge >= 0.3 is 0 Å². The van der Waals surface area contributed by atoms with E-state index in [-0.39, 0.29) is 6.61 Å². The Hall–Kier alpha value is -0.980. The molecule has 104 valence electrons. The third-order valence-electron chi connectivity index (χ3n) is 2.64. The molecule has 0 bridgehead atoms. The van der Waals surface area contributed by atoms with Gasteiger partial charge in [-0.15, -0.1) is 0 Å². The molecule has 0 N–H and O–H groups in total. The zero-order chi connectivity index (χ0) is 13.5. The fraction of sp³-hybridized carbons (Fsp3) is 0.462. The van der Waals surface area contributed by atoms with Crippen LogP contribution < -0.4 is 0 Å². The van der Waals surface area contributed by atoms with Crippen LogP contribution in [0.5, 0.6) is 0 Å². The summed E-state index contributed by atoms with van der Waals surface area (Å²) in [6.45, 7) is 1.93. The molecule has 6 heteroatoms. The van der Waals surface area contributed by atoms with Crippen LogP contribution in [0.15, 0.2) is 29.0 Å². The SMILES string of the molecule is FCCOCCOCCn1ccc2cc(Br)cnc21. The maximum Gasteiger partial charge on any atom is 0.139 e. The minimum absolute atomic E-state index is 0.143. The summed E-state index contributed by atoms with van der Waals surface area (Å²) in [5.74, 6) is 0. The van der Waals surface area contributed by atoms with Gasteiger partial charge in [-0.2, -0.15) is 0 Å². The highest BCUT2D eigenvalue weighted by Gasteiger charge is 2.02. The first-order valence-electron chi connectivity index (χ1n) is 6.13. The van der Waals surface area contributed by atoms with Gasteiger partial charge in [-0.3, -0.25) is 0 Å². The lowest BCUT2D eigenvalue weighted by molar-refractivity contribution is 0.0404. The Bertz CT molecular complexity index is 518. The molecule has 0 aliphatic rings. The van der Waals surface area contributed by atoms with Crippen molar-refractivity contribution in [1.82, 2.24) is 9.55 Å². The summed E-state index contributed by atoms with van der Waals surface area (Å²) in [6.07, 6.45) is 3.78. The predicted molar refractivity (Wildman–Crippen MR) is 75.0 cm³/mol. The van der Waals surface area contributed by atoms with E-state index in [1.54, 1.807) is 6.20 Å². The van der Waals surface area contributed by atoms with Crippen LogP contribution in [-0.2, 0) is 16.0 Å². The molecule has 0 aliphatic heterocycles. The van der Waals surface area contributed by atoms with E-state index in [1.807, 2.05) is 22.9 Å². The summed E-state index contributed by atoms with van der Waals surface area (Å²) in [4.78, 5) is 4.37. The molecule has 0 atom stereocenters. The van der Waals surface area contributed by atoms with Crippen LogP contribution >= 0.6 is 15.9 Å². The van der Waals surface area contributed by atoms with Crippen LogP contribution in [0.2, 0.25) is 0 Å². The zero-order valence-corrected chi connectivity index (χ0v) is 12.1. The highest BCUT2D eigenvalue weighted by atomic mass is 79.9. The fourth-order valence-electron chi connectivity index (χ4n) is 1.77. The zero-order valence-electron chi connectivity index (χ0n) is 10.5. The Labute approximate surface area is 119 Å². The minimum atomic E-state index is -0.448. The van der Waals surface area contributed by atoms with E-state index in [0.29, 0.717) is 19.8 Å². The standard InChI is InChI=1S/C13H16BrFN2O2/c14-12-9-11-1-3-17(13(11)16-10-12)4-6-19-8-7-18-5-2-15/h1,3,9-10H,2,4-8H2. The highest BCUT2D eigenvalue weighted by molar-refractivity contribution is 9.10. The lowest BCUT2D eigenvalue weighted by atomic mass is 10.3. The minimum Gasteiger partial charge on any atom is -0.377 e. The molecular weight excluding hydrogens is 315 g/mol. The van der Waals surface area contributed by atoms with Gasteiger partial charge in [0.05, 0.1) is 26.4 Å². The second kappa shape index (κ2) is 7.57. The van der Waals surface area contributed by atoms with E-state index in [9.17, 15) is 4.39 Å². The van der Waals surface area contributed by atoms with E-state index in [2.05, 4.69) is 20.9 Å². The van der Waals surface area contributed by atoms with Crippen LogP contribution in [0.1, 0.15) is 0 Å². The quantitative estimate of drug-likeness (QED) is 0.698. The maximum absolute atomic E-state index is 11.8. The van der Waals surface area contributed by atoms with Crippen molar-refractivity contribution in [3.63, 3.8) is 0 Å². The number of aromatic nitrogens is 2. The smallest absolute Gasteiger partial charge is 0.139 e. The van der Waals surface area contributed by atoms with Gasteiger partial charge in [0.2, 0.25) is 0 Å². The van der Waals surface area contributed by atoms with Gasteiger partial charge in [0.1, 0.15) is 12.3 Å². The summed E-state index contributed by atoms with van der Waals surface area (Å²) in [5.41, 5.74) is 0.945. The van der Waals surface area contributed by atoms with E-state index < -0.39 is 6.67 Å². The Morgan fingerprint density at radius 1 is 1.21 bits per heavy atom. The molecule has 0 radical (unpaired) electrons. The summed E-state index contributed by atoms with van der Waals surface area (Å²) >= 11 is 3.40. The average Bonchev–Trinajstić information content (AvgIpc) is 2.80. The van der Waals surface area contributed by atoms with Crippen molar-refractivity contribution in [1.29, 1.82) is 0 Å². The Kier molecular flexibility index (Phi) is 5.75. The monoisotopic (exact) mass is 330 g/mol. The number of hydrogen-bond acceptors (Lipinski definition) is 3. The van der Waals surface area contributed by atoms with Gasteiger partial charge in [0.25, 0.3) is 0 Å². The number of halogens is 2. The lowest BCUT2D eigenvalue weighted by Crippen LogP contribution is -2.10. The van der Waals surface area contributed by atoms with Gasteiger partial charge in [-0.1, -0.05) is 0 Å². The lowest BCUT2D eigenvalue weighted by Gasteiger charge is -2.06. The van der Waals surface area contributed by atoms with Gasteiger partial charge in [0.15, 0.2) is 0 Å². The molecule has 19 heavy (non-hydrogen) atoms. The largest absolute Gasteiger partial charge is 0.377 e. The Morgan fingerprint density at radius 2 is 2.00 bits per heavy atom. The molecule has 0 saturated carbocycles. The third kappa shape index (κ3) is 4.26. The van der Waals surface area contributed by atoms with Crippen molar-refractivity contribution in [2.45, 2.75) is 6.54 Å². The number of alkyl halides is 1. The van der Waals surface area contributed by atoms with Gasteiger partial charge in [-0.25, -0.2) is 9.37 Å². The number of fused-ring (bicyclic) bond motifs is 1. The molecule has 0 aromatic carbocycles. The van der Waals surface area contributed by atoms with Gasteiger partial charge in [0, 0.05) is 28.8 Å². The number of hydrogen-bond donors (Lipinski definition) is 0. The maximum atomic E-state index is 11.8. The van der Waals surface area contributed by atoms with Crippen molar-refractivity contribution in [3.05, 3.63) is 29.0 Å². The number of rotatable bonds is 8. The molecule has 0 amide bonds. The molecule has 2 aromatic heterocycles. The first kappa shape index (κ1) is 14.4. The molecule has 0 spiro atoms. The average molecular weight is 331 g/mol. The van der Waals surface area contributed by atoms with Crippen LogP contribution in [0, 0.1) is 0 Å². The van der Waals surface area contributed by atoms with E-state index in [1.165, 1.54) is 0 Å². The summed E-state index contributed by atoms with van der Waals surface area (Å²) in [6, 6.07) is 4.06. The second-order valence-electron chi connectivity index (χ2n) is 3.99. The van der Waals surface area contributed by atoms with Crippen LogP contribution in [-0.4, -0.2) is 42.7 Å².